The molecule has 0 spiro atoms. The molecule has 0 aromatic heterocycles. The molecular weight excluding hydrogens is 358 g/mol. The van der Waals surface area contributed by atoms with Crippen molar-refractivity contribution in [1.82, 2.24) is 4.90 Å². The normalized spacial score (nSPS) is 26.8. The van der Waals surface area contributed by atoms with E-state index in [4.69, 9.17) is 9.47 Å². The molecule has 2 fully saturated rings. The lowest BCUT2D eigenvalue weighted by atomic mass is 9.72. The SMILES string of the molecule is COc1ccc(C2CN(C(=O)C(C)CO)CC2(C)C(C)O)cc1OCC1CC1. The van der Waals surface area contributed by atoms with Gasteiger partial charge in [-0.2, -0.15) is 0 Å². The van der Waals surface area contributed by atoms with Gasteiger partial charge in [0.05, 0.1) is 32.3 Å². The van der Waals surface area contributed by atoms with E-state index in [1.54, 1.807) is 25.9 Å². The van der Waals surface area contributed by atoms with Gasteiger partial charge in [-0.05, 0) is 43.4 Å². The monoisotopic (exact) mass is 391 g/mol. The summed E-state index contributed by atoms with van der Waals surface area (Å²) < 4.78 is 11.5. The second-order valence-corrected chi connectivity index (χ2v) is 8.70. The van der Waals surface area contributed by atoms with Gasteiger partial charge in [0, 0.05) is 24.4 Å². The van der Waals surface area contributed by atoms with Crippen molar-refractivity contribution < 1.29 is 24.5 Å². The number of nitrogens with zero attached hydrogens (tertiary/aromatic N) is 1. The third-order valence-electron chi connectivity index (χ3n) is 6.45. The molecule has 156 valence electrons. The topological polar surface area (TPSA) is 79.2 Å². The van der Waals surface area contributed by atoms with Gasteiger partial charge < -0.3 is 24.6 Å². The van der Waals surface area contributed by atoms with Gasteiger partial charge in [-0.15, -0.1) is 0 Å². The number of benzene rings is 1. The van der Waals surface area contributed by atoms with Crippen molar-refractivity contribution in [1.29, 1.82) is 0 Å². The summed E-state index contributed by atoms with van der Waals surface area (Å²) in [6.07, 6.45) is 1.84. The van der Waals surface area contributed by atoms with Crippen LogP contribution in [0.25, 0.3) is 0 Å². The van der Waals surface area contributed by atoms with Gasteiger partial charge in [-0.1, -0.05) is 19.9 Å². The van der Waals surface area contributed by atoms with Crippen molar-refractivity contribution in [2.24, 2.45) is 17.3 Å². The van der Waals surface area contributed by atoms with E-state index in [0.29, 0.717) is 37.1 Å². The molecule has 28 heavy (non-hydrogen) atoms. The van der Waals surface area contributed by atoms with Crippen molar-refractivity contribution >= 4 is 5.91 Å². The van der Waals surface area contributed by atoms with E-state index < -0.39 is 17.4 Å². The quantitative estimate of drug-likeness (QED) is 0.712. The van der Waals surface area contributed by atoms with Gasteiger partial charge in [0.2, 0.25) is 5.91 Å². The summed E-state index contributed by atoms with van der Waals surface area (Å²) >= 11 is 0. The number of hydrogen-bond donors (Lipinski definition) is 2. The van der Waals surface area contributed by atoms with E-state index in [0.717, 1.165) is 5.56 Å². The third-order valence-corrected chi connectivity index (χ3v) is 6.45. The summed E-state index contributed by atoms with van der Waals surface area (Å²) in [6, 6.07) is 5.90. The largest absolute Gasteiger partial charge is 0.493 e. The molecule has 0 radical (unpaired) electrons. The van der Waals surface area contributed by atoms with Crippen molar-refractivity contribution in [2.75, 3.05) is 33.4 Å². The number of likely N-dealkylation sites (tertiary alicyclic amines) is 1. The Morgan fingerprint density at radius 3 is 2.61 bits per heavy atom. The average molecular weight is 392 g/mol. The molecule has 4 atom stereocenters. The highest BCUT2D eigenvalue weighted by molar-refractivity contribution is 5.79. The summed E-state index contributed by atoms with van der Waals surface area (Å²) in [5.41, 5.74) is 0.551. The maximum absolute atomic E-state index is 12.7. The summed E-state index contributed by atoms with van der Waals surface area (Å²) in [5.74, 6) is 1.50. The predicted molar refractivity (Wildman–Crippen MR) is 107 cm³/mol. The van der Waals surface area contributed by atoms with Crippen LogP contribution in [-0.4, -0.2) is 60.5 Å². The Morgan fingerprint density at radius 2 is 2.04 bits per heavy atom. The molecule has 1 amide bonds. The molecule has 3 rings (SSSR count). The van der Waals surface area contributed by atoms with Crippen LogP contribution in [0, 0.1) is 17.3 Å². The standard InChI is InChI=1S/C22H33NO5/c1-14(11-24)21(26)23-10-18(22(3,13-23)15(2)25)17-7-8-19(27-4)20(9-17)28-12-16-5-6-16/h7-9,14-16,18,24-25H,5-6,10-13H2,1-4H3. The molecule has 1 aromatic carbocycles. The van der Waals surface area contributed by atoms with E-state index >= 15 is 0 Å². The molecule has 2 N–H and O–H groups in total. The van der Waals surface area contributed by atoms with Crippen molar-refractivity contribution in [3.8, 4) is 11.5 Å². The first-order chi connectivity index (χ1) is 13.3. The first-order valence-electron chi connectivity index (χ1n) is 10.2. The summed E-state index contributed by atoms with van der Waals surface area (Å²) in [7, 11) is 1.63. The molecule has 1 heterocycles. The zero-order valence-corrected chi connectivity index (χ0v) is 17.4. The number of amides is 1. The Morgan fingerprint density at radius 1 is 1.32 bits per heavy atom. The number of aliphatic hydroxyl groups is 2. The lowest BCUT2D eigenvalue weighted by molar-refractivity contribution is -0.135. The summed E-state index contributed by atoms with van der Waals surface area (Å²) in [4.78, 5) is 14.4. The fourth-order valence-electron chi connectivity index (χ4n) is 4.00. The number of hydrogen-bond acceptors (Lipinski definition) is 5. The second kappa shape index (κ2) is 8.29. The molecule has 1 aliphatic carbocycles. The molecule has 0 bridgehead atoms. The van der Waals surface area contributed by atoms with Gasteiger partial charge in [0.1, 0.15) is 0 Å². The zero-order valence-electron chi connectivity index (χ0n) is 17.4. The van der Waals surface area contributed by atoms with Gasteiger partial charge in [0.25, 0.3) is 0 Å². The summed E-state index contributed by atoms with van der Waals surface area (Å²) in [5, 5.41) is 19.9. The minimum atomic E-state index is -0.585. The number of carbonyl (C=O) groups is 1. The van der Waals surface area contributed by atoms with Crippen LogP contribution in [0.5, 0.6) is 11.5 Å². The third kappa shape index (κ3) is 4.13. The van der Waals surface area contributed by atoms with E-state index in [-0.39, 0.29) is 18.4 Å². The van der Waals surface area contributed by atoms with Crippen LogP contribution in [0.2, 0.25) is 0 Å². The van der Waals surface area contributed by atoms with Crippen LogP contribution in [0.3, 0.4) is 0 Å². The van der Waals surface area contributed by atoms with Crippen LogP contribution in [0.1, 0.15) is 45.1 Å². The smallest absolute Gasteiger partial charge is 0.227 e. The van der Waals surface area contributed by atoms with Crippen LogP contribution >= 0.6 is 0 Å². The van der Waals surface area contributed by atoms with E-state index in [1.165, 1.54) is 12.8 Å². The van der Waals surface area contributed by atoms with Crippen LogP contribution in [0.4, 0.5) is 0 Å². The Bertz CT molecular complexity index is 702. The molecular formula is C22H33NO5. The highest BCUT2D eigenvalue weighted by Crippen LogP contribution is 2.47. The van der Waals surface area contributed by atoms with Crippen molar-refractivity contribution in [3.05, 3.63) is 23.8 Å². The highest BCUT2D eigenvalue weighted by atomic mass is 16.5. The average Bonchev–Trinajstić information content (AvgIpc) is 3.45. The van der Waals surface area contributed by atoms with E-state index in [2.05, 4.69) is 0 Å². The van der Waals surface area contributed by atoms with Crippen molar-refractivity contribution in [2.45, 2.75) is 45.6 Å². The minimum Gasteiger partial charge on any atom is -0.493 e. The van der Waals surface area contributed by atoms with E-state index in [9.17, 15) is 15.0 Å². The number of aliphatic hydroxyl groups excluding tert-OH is 2. The fourth-order valence-corrected chi connectivity index (χ4v) is 4.00. The second-order valence-electron chi connectivity index (χ2n) is 8.70. The lowest BCUT2D eigenvalue weighted by Crippen LogP contribution is -2.39. The van der Waals surface area contributed by atoms with Crippen LogP contribution in [0.15, 0.2) is 18.2 Å². The Balaban J connectivity index is 1.88. The fraction of sp³-hybridized carbons (Fsp3) is 0.682. The maximum atomic E-state index is 12.7. The Kier molecular flexibility index (Phi) is 6.20. The van der Waals surface area contributed by atoms with Crippen molar-refractivity contribution in [3.63, 3.8) is 0 Å². The van der Waals surface area contributed by atoms with Gasteiger partial charge in [0.15, 0.2) is 11.5 Å². The van der Waals surface area contributed by atoms with E-state index in [1.807, 2.05) is 25.1 Å². The molecule has 4 unspecified atom stereocenters. The van der Waals surface area contributed by atoms with Gasteiger partial charge in [-0.25, -0.2) is 0 Å². The molecule has 6 nitrogen and oxygen atoms in total. The van der Waals surface area contributed by atoms with Crippen LogP contribution < -0.4 is 9.47 Å². The lowest BCUT2D eigenvalue weighted by Gasteiger charge is -2.34. The molecule has 1 aliphatic heterocycles. The maximum Gasteiger partial charge on any atom is 0.227 e. The molecule has 1 aromatic rings. The number of carbonyl (C=O) groups excluding carboxylic acids is 1. The molecule has 6 heteroatoms. The Labute approximate surface area is 167 Å². The number of ether oxygens (including phenoxy) is 2. The first kappa shape index (κ1) is 20.9. The van der Waals surface area contributed by atoms with Crippen LogP contribution in [-0.2, 0) is 4.79 Å². The highest BCUT2D eigenvalue weighted by Gasteiger charge is 2.48. The van der Waals surface area contributed by atoms with Gasteiger partial charge >= 0.3 is 0 Å². The zero-order chi connectivity index (χ0) is 20.5. The summed E-state index contributed by atoms with van der Waals surface area (Å²) in [6.45, 7) is 7.02. The van der Waals surface area contributed by atoms with Gasteiger partial charge in [-0.3, -0.25) is 4.79 Å². The molecule has 2 aliphatic rings. The minimum absolute atomic E-state index is 0.0310. The molecule has 1 saturated carbocycles. The number of rotatable bonds is 8. The predicted octanol–water partition coefficient (Wildman–Crippen LogP) is 2.43. The molecule has 1 saturated heterocycles. The number of methoxy groups -OCH3 is 1. The first-order valence-corrected chi connectivity index (χ1v) is 10.2. The Hall–Kier alpha value is -1.79.